The normalized spacial score (nSPS) is 11.9. The molecule has 0 radical (unpaired) electrons. The largest absolute Gasteiger partial charge is 1.00 e. The summed E-state index contributed by atoms with van der Waals surface area (Å²) >= 11 is 0. The van der Waals surface area contributed by atoms with Crippen LogP contribution in [0.15, 0.2) is 18.2 Å². The molecule has 0 fully saturated rings. The van der Waals surface area contributed by atoms with E-state index in [4.69, 9.17) is 0 Å². The van der Waals surface area contributed by atoms with Crippen molar-refractivity contribution in [2.45, 2.75) is 39.3 Å². The second kappa shape index (κ2) is 9.14. The van der Waals surface area contributed by atoms with Gasteiger partial charge in [0.05, 0.1) is 0 Å². The first kappa shape index (κ1) is 27.4. The fourth-order valence-electron chi connectivity index (χ4n) is 1.67. The number of rotatable bonds is 3. The van der Waals surface area contributed by atoms with Gasteiger partial charge in [-0.25, -0.2) is 0 Å². The average molecular weight is 318 g/mol. The summed E-state index contributed by atoms with van der Waals surface area (Å²) in [5.41, 5.74) is 0. The summed E-state index contributed by atoms with van der Waals surface area (Å²) in [5.74, 6) is 0. The van der Waals surface area contributed by atoms with Crippen molar-refractivity contribution in [3.8, 4) is 0 Å². The van der Waals surface area contributed by atoms with Gasteiger partial charge in [-0.15, -0.1) is 0 Å². The Hall–Kier alpha value is 1.54. The summed E-state index contributed by atoms with van der Waals surface area (Å²) in [5, 5.41) is 2.09. The molecule has 0 unspecified atom stereocenters. The molecule has 0 aliphatic carbocycles. The monoisotopic (exact) mass is 318 g/mol. The zero-order chi connectivity index (χ0) is 14.4. The van der Waals surface area contributed by atoms with Gasteiger partial charge in [0, 0.05) is 0 Å². The smallest absolute Gasteiger partial charge is 0.855 e. The maximum atomic E-state index is 12.2. The third-order valence-corrected chi connectivity index (χ3v) is 8.06. The number of benzene rings is 1. The van der Waals surface area contributed by atoms with Crippen LogP contribution in [0.25, 0.3) is 0 Å². The van der Waals surface area contributed by atoms with Gasteiger partial charge in [0.25, 0.3) is 0 Å². The summed E-state index contributed by atoms with van der Waals surface area (Å²) in [7, 11) is -8.21. The molecule has 0 aliphatic heterocycles. The molecule has 1 rings (SSSR count). The van der Waals surface area contributed by atoms with E-state index in [1.165, 1.54) is 0 Å². The Morgan fingerprint density at radius 2 is 0.667 bits per heavy atom. The number of hydrogen-bond acceptors (Lipinski definition) is 3. The van der Waals surface area contributed by atoms with Crippen LogP contribution in [0.5, 0.6) is 0 Å². The van der Waals surface area contributed by atoms with E-state index in [1.807, 2.05) is 0 Å². The molecule has 1 aromatic carbocycles. The minimum Gasteiger partial charge on any atom is -0.855 e. The molecule has 0 spiro atoms. The van der Waals surface area contributed by atoms with Crippen LogP contribution in [0.2, 0.25) is 39.3 Å². The molecule has 102 valence electrons. The molecule has 0 amide bonds. The van der Waals surface area contributed by atoms with Crippen molar-refractivity contribution in [3.63, 3.8) is 0 Å². The zero-order valence-corrected chi connectivity index (χ0v) is 18.0. The van der Waals surface area contributed by atoms with Crippen molar-refractivity contribution < 1.29 is 71.0 Å². The fourth-order valence-corrected chi connectivity index (χ4v) is 5.12. The molecular formula is C12H21Li3O3Si3. The summed E-state index contributed by atoms with van der Waals surface area (Å²) in [6, 6.07) is 5.30. The van der Waals surface area contributed by atoms with Crippen LogP contribution in [0.1, 0.15) is 0 Å². The van der Waals surface area contributed by atoms with Crippen LogP contribution in [0.3, 0.4) is 0 Å². The summed E-state index contributed by atoms with van der Waals surface area (Å²) in [6.07, 6.45) is 0. The molecule has 21 heavy (non-hydrogen) atoms. The van der Waals surface area contributed by atoms with E-state index >= 15 is 0 Å². The third-order valence-electron chi connectivity index (χ3n) is 3.02. The molecule has 9 heteroatoms. The van der Waals surface area contributed by atoms with Gasteiger partial charge in [-0.3, -0.25) is 0 Å². The van der Waals surface area contributed by atoms with Gasteiger partial charge in [-0.2, -0.15) is 0 Å². The molecule has 0 heterocycles. The van der Waals surface area contributed by atoms with E-state index in [0.29, 0.717) is 15.6 Å². The van der Waals surface area contributed by atoms with E-state index in [1.54, 1.807) is 57.5 Å². The van der Waals surface area contributed by atoms with Gasteiger partial charge in [-0.1, -0.05) is 73.0 Å². The first-order chi connectivity index (χ1) is 7.82. The Labute approximate surface area is 167 Å². The molecule has 0 bridgehead atoms. The molecule has 0 atom stereocenters. The van der Waals surface area contributed by atoms with Crippen molar-refractivity contribution in [2.24, 2.45) is 0 Å². The Kier molecular flexibility index (Phi) is 11.9. The Morgan fingerprint density at radius 3 is 0.762 bits per heavy atom. The van der Waals surface area contributed by atoms with E-state index in [-0.39, 0.29) is 56.6 Å². The Balaban J connectivity index is -0.00000108. The van der Waals surface area contributed by atoms with Crippen LogP contribution in [0.4, 0.5) is 0 Å². The first-order valence-electron chi connectivity index (χ1n) is 6.09. The van der Waals surface area contributed by atoms with Crippen molar-refractivity contribution in [2.75, 3.05) is 0 Å². The van der Waals surface area contributed by atoms with Gasteiger partial charge in [-0.05, 0) is 25.0 Å². The van der Waals surface area contributed by atoms with Gasteiger partial charge >= 0.3 is 56.6 Å². The van der Waals surface area contributed by atoms with Crippen LogP contribution in [-0.2, 0) is 0 Å². The standard InChI is InChI=1S/C12H21O3Si3.3Li/c1-16(2,13)10-7-11(17(3,4)14)9-12(8-10)18(5,6)15;;;/h7-9H,1-6H3;;;/q-3;3*+1. The van der Waals surface area contributed by atoms with E-state index in [9.17, 15) is 14.4 Å². The molecule has 0 aromatic heterocycles. The van der Waals surface area contributed by atoms with Gasteiger partial charge in [0.2, 0.25) is 0 Å². The molecule has 0 N–H and O–H groups in total. The second-order valence-corrected chi connectivity index (χ2v) is 17.1. The summed E-state index contributed by atoms with van der Waals surface area (Å²) in [4.78, 5) is 36.7. The third kappa shape index (κ3) is 8.27. The van der Waals surface area contributed by atoms with E-state index in [2.05, 4.69) is 0 Å². The van der Waals surface area contributed by atoms with Crippen LogP contribution < -0.4 is 86.5 Å². The predicted octanol–water partition coefficient (Wildman–Crippen LogP) is -11.0. The summed E-state index contributed by atoms with van der Waals surface area (Å²) < 4.78 is 0. The maximum Gasteiger partial charge on any atom is 1.00 e. The first-order valence-corrected chi connectivity index (χ1v) is 14.8. The quantitative estimate of drug-likeness (QED) is 0.520. The van der Waals surface area contributed by atoms with Crippen LogP contribution in [-0.4, -0.2) is 25.0 Å². The SMILES string of the molecule is C[Si](C)([O-])c1cc([Si](C)(C)[O-])cc([Si](C)(C)[O-])c1.[Li+].[Li+].[Li+]. The minimum absolute atomic E-state index is 0. The zero-order valence-electron chi connectivity index (χ0n) is 15.0. The van der Waals surface area contributed by atoms with E-state index in [0.717, 1.165) is 0 Å². The molecule has 0 aliphatic rings. The molecular weight excluding hydrogens is 297 g/mol. The fraction of sp³-hybridized carbons (Fsp3) is 0.500. The molecule has 0 saturated carbocycles. The van der Waals surface area contributed by atoms with E-state index < -0.39 is 25.0 Å². The topological polar surface area (TPSA) is 69.2 Å². The van der Waals surface area contributed by atoms with Crippen molar-refractivity contribution in [1.29, 1.82) is 0 Å². The maximum absolute atomic E-state index is 12.2. The van der Waals surface area contributed by atoms with Crippen molar-refractivity contribution >= 4 is 40.5 Å². The van der Waals surface area contributed by atoms with Crippen molar-refractivity contribution in [3.05, 3.63) is 18.2 Å². The van der Waals surface area contributed by atoms with Gasteiger partial charge in [0.1, 0.15) is 0 Å². The minimum atomic E-state index is -2.74. The molecule has 1 aromatic rings. The Morgan fingerprint density at radius 1 is 0.524 bits per heavy atom. The average Bonchev–Trinajstić information content (AvgIpc) is 2.13. The summed E-state index contributed by atoms with van der Waals surface area (Å²) in [6.45, 7) is 10.2. The molecule has 3 nitrogen and oxygen atoms in total. The van der Waals surface area contributed by atoms with Crippen LogP contribution >= 0.6 is 0 Å². The van der Waals surface area contributed by atoms with Gasteiger partial charge < -0.3 is 14.4 Å². The van der Waals surface area contributed by atoms with Gasteiger partial charge in [0.15, 0.2) is 0 Å². The number of hydrogen-bond donors (Lipinski definition) is 0. The van der Waals surface area contributed by atoms with Crippen molar-refractivity contribution in [1.82, 2.24) is 0 Å². The van der Waals surface area contributed by atoms with Crippen LogP contribution in [0, 0.1) is 0 Å². The second-order valence-electron chi connectivity index (χ2n) is 6.33. The Bertz CT molecular complexity index is 373. The predicted molar refractivity (Wildman–Crippen MR) is 77.8 cm³/mol. The molecule has 0 saturated heterocycles.